The molecule has 0 unspecified atom stereocenters. The molecule has 1 N–H and O–H groups in total. The molecule has 8 nitrogen and oxygen atoms in total. The highest BCUT2D eigenvalue weighted by Gasteiger charge is 2.40. The number of aryl methyl sites for hydroxylation is 1. The first kappa shape index (κ1) is 22.1. The molecule has 0 bridgehead atoms. The van der Waals surface area contributed by atoms with E-state index in [4.69, 9.17) is 4.74 Å². The molecule has 2 aromatic carbocycles. The summed E-state index contributed by atoms with van der Waals surface area (Å²) in [5.41, 5.74) is -0.352. The van der Waals surface area contributed by atoms with Crippen LogP contribution in [0.4, 0.5) is 18.9 Å². The second-order valence-electron chi connectivity index (χ2n) is 7.14. The van der Waals surface area contributed by atoms with Gasteiger partial charge >= 0.3 is 6.18 Å². The van der Waals surface area contributed by atoms with Crippen molar-refractivity contribution in [3.63, 3.8) is 0 Å². The molecule has 4 aromatic rings. The lowest BCUT2D eigenvalue weighted by molar-refractivity contribution is -0.143. The van der Waals surface area contributed by atoms with Crippen LogP contribution in [0.3, 0.4) is 0 Å². The number of nitrogens with one attached hydrogen (secondary N) is 1. The van der Waals surface area contributed by atoms with Gasteiger partial charge in [0.05, 0.1) is 24.0 Å². The number of halogens is 3. The van der Waals surface area contributed by atoms with Crippen molar-refractivity contribution in [2.45, 2.75) is 19.6 Å². The van der Waals surface area contributed by atoms with Crippen molar-refractivity contribution in [3.8, 4) is 11.4 Å². The highest BCUT2D eigenvalue weighted by molar-refractivity contribution is 6.05. The maximum Gasteiger partial charge on any atom is 0.434 e. The van der Waals surface area contributed by atoms with Gasteiger partial charge in [-0.3, -0.25) is 4.79 Å². The number of amides is 1. The zero-order valence-corrected chi connectivity index (χ0v) is 17.5. The van der Waals surface area contributed by atoms with E-state index in [9.17, 15) is 18.0 Å². The second-order valence-corrected chi connectivity index (χ2v) is 7.14. The summed E-state index contributed by atoms with van der Waals surface area (Å²) < 4.78 is 49.5. The molecule has 0 atom stereocenters. The van der Waals surface area contributed by atoms with Crippen molar-refractivity contribution in [1.29, 1.82) is 0 Å². The molecule has 1 amide bonds. The van der Waals surface area contributed by atoms with Crippen LogP contribution >= 0.6 is 0 Å². The fourth-order valence-electron chi connectivity index (χ4n) is 3.14. The van der Waals surface area contributed by atoms with E-state index < -0.39 is 23.3 Å². The number of ether oxygens (including phenoxy) is 1. The average Bonchev–Trinajstić information content (AvgIpc) is 3.44. The van der Waals surface area contributed by atoms with Gasteiger partial charge in [0.15, 0.2) is 5.69 Å². The van der Waals surface area contributed by atoms with Gasteiger partial charge in [-0.05, 0) is 31.2 Å². The molecular formula is C22H19F3N6O2. The van der Waals surface area contributed by atoms with Crippen molar-refractivity contribution in [1.82, 2.24) is 24.5 Å². The van der Waals surface area contributed by atoms with Gasteiger partial charge in [0.2, 0.25) is 0 Å². The van der Waals surface area contributed by atoms with Crippen molar-refractivity contribution in [2.24, 2.45) is 0 Å². The number of benzene rings is 2. The average molecular weight is 456 g/mol. The molecule has 0 saturated heterocycles. The van der Waals surface area contributed by atoms with Crippen LogP contribution in [0.1, 0.15) is 21.6 Å². The van der Waals surface area contributed by atoms with Gasteiger partial charge in [-0.15, -0.1) is 0 Å². The second kappa shape index (κ2) is 9.15. The fraction of sp³-hybridized carbons (Fsp3) is 0.182. The number of anilines is 1. The van der Waals surface area contributed by atoms with Gasteiger partial charge in [-0.1, -0.05) is 23.8 Å². The largest absolute Gasteiger partial charge is 0.492 e. The first-order valence-electron chi connectivity index (χ1n) is 9.90. The third-order valence-electron chi connectivity index (χ3n) is 4.71. The minimum Gasteiger partial charge on any atom is -0.492 e. The molecular weight excluding hydrogens is 437 g/mol. The highest BCUT2D eigenvalue weighted by Crippen LogP contribution is 2.34. The van der Waals surface area contributed by atoms with Crippen molar-refractivity contribution in [2.75, 3.05) is 11.9 Å². The molecule has 0 radical (unpaired) electrons. The molecule has 0 fully saturated rings. The molecule has 0 aliphatic carbocycles. The topological polar surface area (TPSA) is 86.9 Å². The van der Waals surface area contributed by atoms with E-state index in [-0.39, 0.29) is 11.4 Å². The highest BCUT2D eigenvalue weighted by atomic mass is 19.4. The van der Waals surface area contributed by atoms with Gasteiger partial charge < -0.3 is 10.1 Å². The number of nitrogens with zero attached hydrogens (tertiary/aromatic N) is 5. The zero-order valence-electron chi connectivity index (χ0n) is 17.5. The Balaban J connectivity index is 1.52. The van der Waals surface area contributed by atoms with E-state index >= 15 is 0 Å². The molecule has 33 heavy (non-hydrogen) atoms. The molecule has 0 aliphatic rings. The quantitative estimate of drug-likeness (QED) is 0.452. The van der Waals surface area contributed by atoms with Gasteiger partial charge in [0.25, 0.3) is 5.91 Å². The normalized spacial score (nSPS) is 11.4. The predicted molar refractivity (Wildman–Crippen MR) is 113 cm³/mol. The Kier molecular flexibility index (Phi) is 6.11. The third-order valence-corrected chi connectivity index (χ3v) is 4.71. The van der Waals surface area contributed by atoms with Crippen molar-refractivity contribution < 1.29 is 22.7 Å². The molecule has 0 aliphatic heterocycles. The van der Waals surface area contributed by atoms with E-state index in [0.29, 0.717) is 18.9 Å². The summed E-state index contributed by atoms with van der Waals surface area (Å²) in [5, 5.41) is 10.3. The van der Waals surface area contributed by atoms with Crippen molar-refractivity contribution >= 4 is 11.6 Å². The van der Waals surface area contributed by atoms with Crippen LogP contribution in [-0.2, 0) is 12.7 Å². The number of rotatable bonds is 7. The summed E-state index contributed by atoms with van der Waals surface area (Å²) in [6.07, 6.45) is -0.918. The summed E-state index contributed by atoms with van der Waals surface area (Å²) in [4.78, 5) is 16.6. The predicted octanol–water partition coefficient (Wildman–Crippen LogP) is 4.12. The molecule has 11 heteroatoms. The first-order valence-corrected chi connectivity index (χ1v) is 9.90. The van der Waals surface area contributed by atoms with Gasteiger partial charge in [-0.2, -0.15) is 23.4 Å². The minimum absolute atomic E-state index is 0.203. The summed E-state index contributed by atoms with van der Waals surface area (Å²) in [7, 11) is 0. The number of carbonyl (C=O) groups excluding carboxylic acids is 1. The van der Waals surface area contributed by atoms with Gasteiger partial charge in [-0.25, -0.2) is 14.3 Å². The Labute approximate surface area is 186 Å². The van der Waals surface area contributed by atoms with Crippen molar-refractivity contribution in [3.05, 3.63) is 84.2 Å². The standard InChI is InChI=1S/C22H19F3N6O2/c1-15-5-7-17(8-6-15)31-20(22(23,24)25)19(12-27-31)21(32)29-16-3-2-4-18(11-16)33-10-9-30-14-26-13-28-30/h2-8,11-14H,9-10H2,1H3,(H,29,32). The van der Waals surface area contributed by atoms with Gasteiger partial charge in [0.1, 0.15) is 25.0 Å². The summed E-state index contributed by atoms with van der Waals surface area (Å²) in [6, 6.07) is 12.8. The van der Waals surface area contributed by atoms with Crippen LogP contribution < -0.4 is 10.1 Å². The monoisotopic (exact) mass is 456 g/mol. The van der Waals surface area contributed by atoms with E-state index in [0.717, 1.165) is 16.4 Å². The lowest BCUT2D eigenvalue weighted by Crippen LogP contribution is -2.20. The smallest absolute Gasteiger partial charge is 0.434 e. The molecule has 170 valence electrons. The lowest BCUT2D eigenvalue weighted by atomic mass is 10.2. The van der Waals surface area contributed by atoms with Crippen LogP contribution in [0.25, 0.3) is 5.69 Å². The lowest BCUT2D eigenvalue weighted by Gasteiger charge is -2.13. The Bertz CT molecular complexity index is 1230. The van der Waals surface area contributed by atoms with E-state index in [1.807, 2.05) is 6.92 Å². The third kappa shape index (κ3) is 5.20. The summed E-state index contributed by atoms with van der Waals surface area (Å²) in [6.45, 7) is 2.58. The van der Waals surface area contributed by atoms with Crippen LogP contribution in [0.5, 0.6) is 5.75 Å². The number of carbonyl (C=O) groups is 1. The van der Waals surface area contributed by atoms with E-state index in [1.54, 1.807) is 41.3 Å². The minimum atomic E-state index is -4.79. The molecule has 2 heterocycles. The Morgan fingerprint density at radius 2 is 1.91 bits per heavy atom. The maximum absolute atomic E-state index is 13.9. The maximum atomic E-state index is 13.9. The molecule has 2 aromatic heterocycles. The van der Waals surface area contributed by atoms with Gasteiger partial charge in [0, 0.05) is 11.8 Å². The summed E-state index contributed by atoms with van der Waals surface area (Å²) in [5.74, 6) is -0.486. The number of hydrogen-bond donors (Lipinski definition) is 1. The van der Waals surface area contributed by atoms with Crippen LogP contribution in [0, 0.1) is 6.92 Å². The zero-order chi connectivity index (χ0) is 23.4. The molecule has 4 rings (SSSR count). The Morgan fingerprint density at radius 1 is 1.12 bits per heavy atom. The van der Waals surface area contributed by atoms with Crippen LogP contribution in [0.15, 0.2) is 67.4 Å². The fourth-order valence-corrected chi connectivity index (χ4v) is 3.14. The van der Waals surface area contributed by atoms with E-state index in [1.165, 1.54) is 24.5 Å². The number of hydrogen-bond acceptors (Lipinski definition) is 5. The SMILES string of the molecule is Cc1ccc(-n2ncc(C(=O)Nc3cccc(OCCn4cncn4)c3)c2C(F)(F)F)cc1. The Hall–Kier alpha value is -4.15. The summed E-state index contributed by atoms with van der Waals surface area (Å²) >= 11 is 0. The van der Waals surface area contributed by atoms with Crippen LogP contribution in [-0.4, -0.2) is 37.1 Å². The Morgan fingerprint density at radius 3 is 2.61 bits per heavy atom. The molecule has 0 saturated carbocycles. The molecule has 0 spiro atoms. The first-order chi connectivity index (χ1) is 15.8. The number of alkyl halides is 3. The van der Waals surface area contributed by atoms with Crippen LogP contribution in [0.2, 0.25) is 0 Å². The van der Waals surface area contributed by atoms with E-state index in [2.05, 4.69) is 20.5 Å². The number of aromatic nitrogens is 5.